The van der Waals surface area contributed by atoms with Gasteiger partial charge in [0.15, 0.2) is 5.69 Å². The van der Waals surface area contributed by atoms with E-state index in [4.69, 9.17) is 5.11 Å². The molecule has 7 heteroatoms. The number of aliphatic hydroxyl groups excluding tert-OH is 1. The molecule has 2 rings (SSSR count). The summed E-state index contributed by atoms with van der Waals surface area (Å²) in [5.41, 5.74) is -0.652. The molecule has 0 aromatic carbocycles. The van der Waals surface area contributed by atoms with Gasteiger partial charge in [-0.15, -0.1) is 11.3 Å². The lowest BCUT2D eigenvalue weighted by Gasteiger charge is -2.02. The number of alkyl halides is 3. The first-order valence-corrected chi connectivity index (χ1v) is 4.94. The number of thiophene rings is 1. The molecule has 0 saturated carbocycles. The number of rotatable bonds is 1. The van der Waals surface area contributed by atoms with Gasteiger partial charge in [0.2, 0.25) is 0 Å². The minimum Gasteiger partial charge on any atom is -0.392 e. The highest BCUT2D eigenvalue weighted by Gasteiger charge is 2.37. The van der Waals surface area contributed by atoms with Gasteiger partial charge in [-0.3, -0.25) is 4.68 Å². The van der Waals surface area contributed by atoms with Crippen molar-refractivity contribution in [1.82, 2.24) is 9.78 Å². The number of aliphatic hydroxyl groups is 1. The van der Waals surface area contributed by atoms with Gasteiger partial charge in [0.25, 0.3) is 0 Å². The van der Waals surface area contributed by atoms with Crippen molar-refractivity contribution in [2.24, 2.45) is 7.05 Å². The molecule has 3 nitrogen and oxygen atoms in total. The lowest BCUT2D eigenvalue weighted by Crippen LogP contribution is -2.07. The van der Waals surface area contributed by atoms with Gasteiger partial charge in [-0.25, -0.2) is 0 Å². The normalized spacial score (nSPS) is 12.6. The third-order valence-corrected chi connectivity index (χ3v) is 3.16. The van der Waals surface area contributed by atoms with Crippen LogP contribution < -0.4 is 0 Å². The van der Waals surface area contributed by atoms with Crippen molar-refractivity contribution in [2.75, 3.05) is 0 Å². The molecule has 0 fully saturated rings. The fourth-order valence-electron chi connectivity index (χ4n) is 1.43. The predicted molar refractivity (Wildman–Crippen MR) is 49.5 cm³/mol. The summed E-state index contributed by atoms with van der Waals surface area (Å²) in [4.78, 5) is 0.423. The van der Waals surface area contributed by atoms with Crippen LogP contribution in [0.4, 0.5) is 13.2 Å². The molecule has 15 heavy (non-hydrogen) atoms. The first kappa shape index (κ1) is 10.4. The van der Waals surface area contributed by atoms with Gasteiger partial charge in [-0.1, -0.05) is 0 Å². The Morgan fingerprint density at radius 2 is 2.20 bits per heavy atom. The van der Waals surface area contributed by atoms with E-state index < -0.39 is 18.5 Å². The predicted octanol–water partition coefficient (Wildman–Crippen LogP) is 2.15. The Morgan fingerprint density at radius 3 is 2.73 bits per heavy atom. The van der Waals surface area contributed by atoms with Crippen LogP contribution in [0.3, 0.4) is 0 Å². The maximum absolute atomic E-state index is 12.6. The van der Waals surface area contributed by atoms with E-state index in [1.165, 1.54) is 17.1 Å². The van der Waals surface area contributed by atoms with Crippen molar-refractivity contribution in [2.45, 2.75) is 12.8 Å². The molecule has 1 N–H and O–H groups in total. The van der Waals surface area contributed by atoms with Crippen molar-refractivity contribution < 1.29 is 18.3 Å². The number of halogens is 3. The molecule has 0 atom stereocenters. The molecule has 0 saturated heterocycles. The maximum atomic E-state index is 12.6. The molecule has 0 radical (unpaired) electrons. The zero-order valence-electron chi connectivity index (χ0n) is 7.67. The van der Waals surface area contributed by atoms with Crippen LogP contribution in [0.1, 0.15) is 11.3 Å². The Hall–Kier alpha value is -1.08. The minimum absolute atomic E-state index is 0.0116. The molecule has 2 aromatic heterocycles. The third-order valence-electron chi connectivity index (χ3n) is 2.07. The van der Waals surface area contributed by atoms with Gasteiger partial charge in [0.1, 0.15) is 4.83 Å². The highest BCUT2D eigenvalue weighted by Crippen LogP contribution is 2.38. The number of hydrogen-bond acceptors (Lipinski definition) is 3. The average Bonchev–Trinajstić information content (AvgIpc) is 2.65. The zero-order valence-corrected chi connectivity index (χ0v) is 8.48. The van der Waals surface area contributed by atoms with Crippen LogP contribution in [0.15, 0.2) is 5.38 Å². The first-order chi connectivity index (χ1) is 6.95. The summed E-state index contributed by atoms with van der Waals surface area (Å²) >= 11 is 1.14. The van der Waals surface area contributed by atoms with Crippen LogP contribution >= 0.6 is 11.3 Å². The van der Waals surface area contributed by atoms with E-state index in [9.17, 15) is 13.2 Å². The Morgan fingerprint density at radius 1 is 1.53 bits per heavy atom. The maximum Gasteiger partial charge on any atom is 0.435 e. The van der Waals surface area contributed by atoms with Crippen molar-refractivity contribution >= 4 is 21.6 Å². The van der Waals surface area contributed by atoms with Gasteiger partial charge in [0.05, 0.1) is 6.61 Å². The molecule has 2 aromatic rings. The Balaban J connectivity index is 2.79. The molecule has 82 valence electrons. The molecule has 0 aliphatic carbocycles. The van der Waals surface area contributed by atoms with Gasteiger partial charge < -0.3 is 5.11 Å². The van der Waals surface area contributed by atoms with Crippen LogP contribution in [0.2, 0.25) is 0 Å². The fraction of sp³-hybridized carbons (Fsp3) is 0.375. The second kappa shape index (κ2) is 3.21. The van der Waals surface area contributed by atoms with Gasteiger partial charge >= 0.3 is 6.18 Å². The summed E-state index contributed by atoms with van der Waals surface area (Å²) in [6.07, 6.45) is -4.48. The second-order valence-corrected chi connectivity index (χ2v) is 3.93. The molecule has 0 spiro atoms. The minimum atomic E-state index is -4.48. The quantitative estimate of drug-likeness (QED) is 0.823. The molecule has 0 amide bonds. The summed E-state index contributed by atoms with van der Waals surface area (Å²) < 4.78 is 38.9. The molecule has 0 bridgehead atoms. The lowest BCUT2D eigenvalue weighted by atomic mass is 10.2. The molecule has 0 aliphatic rings. The molecular formula is C8H7F3N2OS. The van der Waals surface area contributed by atoms with Crippen LogP contribution in [-0.2, 0) is 19.8 Å². The summed E-state index contributed by atoms with van der Waals surface area (Å²) in [5.74, 6) is 0. The molecule has 0 unspecified atom stereocenters. The van der Waals surface area contributed by atoms with Crippen molar-refractivity contribution in [3.8, 4) is 0 Å². The van der Waals surface area contributed by atoms with Gasteiger partial charge in [-0.05, 0) is 10.9 Å². The fourth-order valence-corrected chi connectivity index (χ4v) is 2.42. The SMILES string of the molecule is Cn1nc(C(F)(F)F)c2c(CO)csc21. The zero-order chi connectivity index (χ0) is 11.2. The van der Waals surface area contributed by atoms with Crippen molar-refractivity contribution in [3.63, 3.8) is 0 Å². The van der Waals surface area contributed by atoms with E-state index in [2.05, 4.69) is 5.10 Å². The van der Waals surface area contributed by atoms with E-state index in [0.717, 1.165) is 11.3 Å². The first-order valence-electron chi connectivity index (χ1n) is 4.06. The largest absolute Gasteiger partial charge is 0.435 e. The highest BCUT2D eigenvalue weighted by atomic mass is 32.1. The lowest BCUT2D eigenvalue weighted by molar-refractivity contribution is -0.140. The van der Waals surface area contributed by atoms with E-state index in [-0.39, 0.29) is 10.9 Å². The second-order valence-electron chi connectivity index (χ2n) is 3.07. The summed E-state index contributed by atoms with van der Waals surface area (Å²) in [6, 6.07) is 0. The van der Waals surface area contributed by atoms with Crippen molar-refractivity contribution in [1.29, 1.82) is 0 Å². The van der Waals surface area contributed by atoms with Crippen LogP contribution in [-0.4, -0.2) is 14.9 Å². The topological polar surface area (TPSA) is 38.0 Å². The van der Waals surface area contributed by atoms with E-state index >= 15 is 0 Å². The third kappa shape index (κ3) is 1.51. The van der Waals surface area contributed by atoms with Crippen molar-refractivity contribution in [3.05, 3.63) is 16.6 Å². The smallest absolute Gasteiger partial charge is 0.392 e. The Kier molecular flexibility index (Phi) is 2.23. The number of aryl methyl sites for hydroxylation is 1. The van der Waals surface area contributed by atoms with Crippen LogP contribution in [0.5, 0.6) is 0 Å². The highest BCUT2D eigenvalue weighted by molar-refractivity contribution is 7.17. The summed E-state index contributed by atoms with van der Waals surface area (Å²) in [7, 11) is 1.45. The monoisotopic (exact) mass is 236 g/mol. The summed E-state index contributed by atoms with van der Waals surface area (Å²) in [6.45, 7) is -0.408. The van der Waals surface area contributed by atoms with E-state index in [0.29, 0.717) is 4.83 Å². The molecule has 2 heterocycles. The Labute approximate surface area is 86.7 Å². The van der Waals surface area contributed by atoms with Crippen LogP contribution in [0.25, 0.3) is 10.2 Å². The molecule has 0 aliphatic heterocycles. The van der Waals surface area contributed by atoms with Gasteiger partial charge in [-0.2, -0.15) is 18.3 Å². The average molecular weight is 236 g/mol. The number of aromatic nitrogens is 2. The number of fused-ring (bicyclic) bond motifs is 1. The number of hydrogen-bond donors (Lipinski definition) is 1. The van der Waals surface area contributed by atoms with E-state index in [1.54, 1.807) is 0 Å². The summed E-state index contributed by atoms with van der Waals surface area (Å²) in [5, 5.41) is 13.9. The van der Waals surface area contributed by atoms with E-state index in [1.807, 2.05) is 0 Å². The van der Waals surface area contributed by atoms with Gasteiger partial charge in [0, 0.05) is 12.4 Å². The van der Waals surface area contributed by atoms with Crippen LogP contribution in [0, 0.1) is 0 Å². The Bertz CT molecular complexity index is 500. The standard InChI is InChI=1S/C8H7F3N2OS/c1-13-7-5(4(2-14)3-15-7)6(12-13)8(9,10)11/h3,14H,2H2,1H3. The molecular weight excluding hydrogens is 229 g/mol. The number of nitrogens with zero attached hydrogens (tertiary/aromatic N) is 2.